The first-order chi connectivity index (χ1) is 11.1. The second-order valence-electron chi connectivity index (χ2n) is 5.94. The van der Waals surface area contributed by atoms with Crippen LogP contribution in [0.4, 0.5) is 11.4 Å². The van der Waals surface area contributed by atoms with Crippen molar-refractivity contribution in [2.45, 2.75) is 33.1 Å². The molecule has 2 aromatic carbocycles. The maximum Gasteiger partial charge on any atom is 0.246 e. The van der Waals surface area contributed by atoms with Gasteiger partial charge in [0.05, 0.1) is 11.4 Å². The summed E-state index contributed by atoms with van der Waals surface area (Å²) in [5.74, 6) is -0.111. The van der Waals surface area contributed by atoms with Crippen molar-refractivity contribution in [1.29, 1.82) is 0 Å². The molecule has 0 radical (unpaired) electrons. The van der Waals surface area contributed by atoms with Crippen molar-refractivity contribution < 1.29 is 9.59 Å². The lowest BCUT2D eigenvalue weighted by Gasteiger charge is -2.33. The maximum absolute atomic E-state index is 12.6. The number of hydrazine groups is 1. The zero-order valence-corrected chi connectivity index (χ0v) is 13.5. The summed E-state index contributed by atoms with van der Waals surface area (Å²) in [5.41, 5.74) is 3.67. The van der Waals surface area contributed by atoms with Gasteiger partial charge in [-0.25, -0.2) is 10.0 Å². The number of nitrogens with zero attached hydrogens (tertiary/aromatic N) is 2. The molecule has 0 aliphatic carbocycles. The Bertz CT molecular complexity index is 657. The van der Waals surface area contributed by atoms with E-state index < -0.39 is 0 Å². The summed E-state index contributed by atoms with van der Waals surface area (Å²) in [4.78, 5) is 25.3. The van der Waals surface area contributed by atoms with Crippen LogP contribution >= 0.6 is 0 Å². The fraction of sp³-hybridized carbons (Fsp3) is 0.263. The molecule has 0 unspecified atom stereocenters. The highest BCUT2D eigenvalue weighted by molar-refractivity contribution is 6.07. The van der Waals surface area contributed by atoms with Crippen molar-refractivity contribution >= 4 is 23.2 Å². The fourth-order valence-electron chi connectivity index (χ4n) is 2.72. The molecule has 1 heterocycles. The quantitative estimate of drug-likeness (QED) is 0.847. The Labute approximate surface area is 136 Å². The normalized spacial score (nSPS) is 15.7. The molecular formula is C19H20N2O2. The SMILES string of the molecule is Cc1ccc(N2C(=O)CCCC(=O)N2c2ccc(C)cc2)cc1. The molecule has 1 saturated heterocycles. The van der Waals surface area contributed by atoms with E-state index in [4.69, 9.17) is 0 Å². The molecule has 0 saturated carbocycles. The molecule has 1 fully saturated rings. The summed E-state index contributed by atoms with van der Waals surface area (Å²) in [6.07, 6.45) is 1.34. The van der Waals surface area contributed by atoms with Crippen molar-refractivity contribution in [3.8, 4) is 0 Å². The topological polar surface area (TPSA) is 40.6 Å². The Morgan fingerprint density at radius 1 is 0.652 bits per heavy atom. The number of rotatable bonds is 2. The van der Waals surface area contributed by atoms with Gasteiger partial charge in [-0.1, -0.05) is 35.4 Å². The van der Waals surface area contributed by atoms with Gasteiger partial charge in [0, 0.05) is 12.8 Å². The Kier molecular flexibility index (Phi) is 4.15. The number of benzene rings is 2. The van der Waals surface area contributed by atoms with Crippen LogP contribution in [0.15, 0.2) is 48.5 Å². The zero-order chi connectivity index (χ0) is 16.4. The summed E-state index contributed by atoms with van der Waals surface area (Å²) < 4.78 is 0. The van der Waals surface area contributed by atoms with Crippen molar-refractivity contribution in [1.82, 2.24) is 0 Å². The first-order valence-electron chi connectivity index (χ1n) is 7.85. The van der Waals surface area contributed by atoms with Crippen LogP contribution < -0.4 is 10.0 Å². The molecule has 0 spiro atoms. The average molecular weight is 308 g/mol. The smallest absolute Gasteiger partial charge is 0.246 e. The van der Waals surface area contributed by atoms with Crippen molar-refractivity contribution in [3.05, 3.63) is 59.7 Å². The van der Waals surface area contributed by atoms with E-state index in [9.17, 15) is 9.59 Å². The molecular weight excluding hydrogens is 288 g/mol. The molecule has 0 atom stereocenters. The van der Waals surface area contributed by atoms with E-state index in [1.54, 1.807) is 0 Å². The predicted octanol–water partition coefficient (Wildman–Crippen LogP) is 3.77. The molecule has 118 valence electrons. The lowest BCUT2D eigenvalue weighted by Crippen LogP contribution is -2.49. The Morgan fingerprint density at radius 2 is 1.00 bits per heavy atom. The summed E-state index contributed by atoms with van der Waals surface area (Å²) in [6.45, 7) is 3.99. The highest BCUT2D eigenvalue weighted by Gasteiger charge is 2.31. The van der Waals surface area contributed by atoms with E-state index in [0.717, 1.165) is 22.5 Å². The van der Waals surface area contributed by atoms with E-state index in [1.807, 2.05) is 62.4 Å². The number of anilines is 2. The molecule has 0 N–H and O–H groups in total. The number of aryl methyl sites for hydroxylation is 2. The van der Waals surface area contributed by atoms with Gasteiger partial charge in [0.1, 0.15) is 0 Å². The second kappa shape index (κ2) is 6.24. The number of carbonyl (C=O) groups is 2. The average Bonchev–Trinajstić information content (AvgIpc) is 2.68. The predicted molar refractivity (Wildman–Crippen MR) is 91.2 cm³/mol. The van der Waals surface area contributed by atoms with E-state index >= 15 is 0 Å². The van der Waals surface area contributed by atoms with Gasteiger partial charge < -0.3 is 0 Å². The molecule has 0 aromatic heterocycles. The van der Waals surface area contributed by atoms with Gasteiger partial charge in [-0.15, -0.1) is 0 Å². The van der Waals surface area contributed by atoms with Gasteiger partial charge in [-0.2, -0.15) is 0 Å². The molecule has 2 aromatic rings. The van der Waals surface area contributed by atoms with Crippen LogP contribution in [0.5, 0.6) is 0 Å². The first-order valence-corrected chi connectivity index (χ1v) is 7.85. The van der Waals surface area contributed by atoms with Gasteiger partial charge in [0.15, 0.2) is 0 Å². The minimum atomic E-state index is -0.0553. The van der Waals surface area contributed by atoms with E-state index in [2.05, 4.69) is 0 Å². The number of hydrogen-bond acceptors (Lipinski definition) is 2. The first kappa shape index (κ1) is 15.3. The standard InChI is InChI=1S/C19H20N2O2/c1-14-6-10-16(11-7-14)20-18(22)4-3-5-19(23)21(20)17-12-8-15(2)9-13-17/h6-13H,3-5H2,1-2H3. The minimum absolute atomic E-state index is 0.0553. The molecule has 2 amide bonds. The van der Waals surface area contributed by atoms with Crippen LogP contribution in [0.25, 0.3) is 0 Å². The molecule has 0 bridgehead atoms. The molecule has 3 rings (SSSR count). The molecule has 4 nitrogen and oxygen atoms in total. The van der Waals surface area contributed by atoms with E-state index in [-0.39, 0.29) is 11.8 Å². The van der Waals surface area contributed by atoms with Crippen molar-refractivity contribution in [2.24, 2.45) is 0 Å². The Balaban J connectivity index is 2.09. The molecule has 23 heavy (non-hydrogen) atoms. The summed E-state index contributed by atoms with van der Waals surface area (Å²) >= 11 is 0. The third kappa shape index (κ3) is 3.11. The number of amides is 2. The second-order valence-corrected chi connectivity index (χ2v) is 5.94. The van der Waals surface area contributed by atoms with Gasteiger partial charge in [0.25, 0.3) is 0 Å². The molecule has 4 heteroatoms. The van der Waals surface area contributed by atoms with Crippen LogP contribution in [0.1, 0.15) is 30.4 Å². The largest absolute Gasteiger partial charge is 0.273 e. The fourth-order valence-corrected chi connectivity index (χ4v) is 2.72. The summed E-state index contributed by atoms with van der Waals surface area (Å²) in [6, 6.07) is 15.3. The zero-order valence-electron chi connectivity index (χ0n) is 13.5. The van der Waals surface area contributed by atoms with E-state index in [0.29, 0.717) is 19.3 Å². The highest BCUT2D eigenvalue weighted by Crippen LogP contribution is 2.28. The number of carbonyl (C=O) groups excluding carboxylic acids is 2. The third-order valence-corrected chi connectivity index (χ3v) is 4.01. The van der Waals surface area contributed by atoms with Gasteiger partial charge >= 0.3 is 0 Å². The van der Waals surface area contributed by atoms with Gasteiger partial charge in [0.2, 0.25) is 11.8 Å². The summed E-state index contributed by atoms with van der Waals surface area (Å²) in [5, 5.41) is 3.03. The Morgan fingerprint density at radius 3 is 1.35 bits per heavy atom. The summed E-state index contributed by atoms with van der Waals surface area (Å²) in [7, 11) is 0. The molecule has 1 aliphatic rings. The van der Waals surface area contributed by atoms with Crippen LogP contribution in [-0.2, 0) is 9.59 Å². The van der Waals surface area contributed by atoms with Gasteiger partial charge in [-0.05, 0) is 44.5 Å². The van der Waals surface area contributed by atoms with Crippen molar-refractivity contribution in [3.63, 3.8) is 0 Å². The van der Waals surface area contributed by atoms with E-state index in [1.165, 1.54) is 10.0 Å². The third-order valence-electron chi connectivity index (χ3n) is 4.01. The maximum atomic E-state index is 12.6. The van der Waals surface area contributed by atoms with Gasteiger partial charge in [-0.3, -0.25) is 9.59 Å². The van der Waals surface area contributed by atoms with Crippen molar-refractivity contribution in [2.75, 3.05) is 10.0 Å². The Hall–Kier alpha value is -2.62. The lowest BCUT2D eigenvalue weighted by atomic mass is 10.2. The van der Waals surface area contributed by atoms with Crippen LogP contribution in [-0.4, -0.2) is 11.8 Å². The molecule has 1 aliphatic heterocycles. The number of hydrogen-bond donors (Lipinski definition) is 0. The minimum Gasteiger partial charge on any atom is -0.273 e. The monoisotopic (exact) mass is 308 g/mol. The van der Waals surface area contributed by atoms with Crippen LogP contribution in [0.3, 0.4) is 0 Å². The lowest BCUT2D eigenvalue weighted by molar-refractivity contribution is -0.121. The van der Waals surface area contributed by atoms with Crippen LogP contribution in [0.2, 0.25) is 0 Å². The highest BCUT2D eigenvalue weighted by atomic mass is 16.2. The van der Waals surface area contributed by atoms with Crippen LogP contribution in [0, 0.1) is 13.8 Å².